The van der Waals surface area contributed by atoms with Crippen molar-refractivity contribution in [3.05, 3.63) is 70.3 Å². The van der Waals surface area contributed by atoms with Gasteiger partial charge in [0, 0.05) is 18.2 Å². The fourth-order valence-corrected chi connectivity index (χ4v) is 4.50. The van der Waals surface area contributed by atoms with Crippen LogP contribution in [0.4, 0.5) is 0 Å². The molecule has 1 saturated heterocycles. The molecule has 0 radical (unpaired) electrons. The Morgan fingerprint density at radius 3 is 2.63 bits per heavy atom. The second-order valence-electron chi connectivity index (χ2n) is 7.62. The van der Waals surface area contributed by atoms with Crippen LogP contribution in [0.3, 0.4) is 0 Å². The molecular weight excluding hydrogens is 396 g/mol. The smallest absolute Gasteiger partial charge is 0.199 e. The molecule has 0 spiro atoms. The summed E-state index contributed by atoms with van der Waals surface area (Å²) in [6, 6.07) is 16.6. The molecule has 30 heavy (non-hydrogen) atoms. The fraction of sp³-hybridized carbons (Fsp3) is 0.391. The largest absolute Gasteiger partial charge is 0.497 e. The van der Waals surface area contributed by atoms with E-state index in [1.54, 1.807) is 14.2 Å². The highest BCUT2D eigenvalue weighted by Crippen LogP contribution is 2.39. The number of benzene rings is 2. The van der Waals surface area contributed by atoms with Gasteiger partial charge < -0.3 is 9.47 Å². The second kappa shape index (κ2) is 9.02. The summed E-state index contributed by atoms with van der Waals surface area (Å²) in [7, 11) is 3.41. The van der Waals surface area contributed by atoms with Crippen LogP contribution in [0.5, 0.6) is 11.5 Å². The Balaban J connectivity index is 1.59. The highest BCUT2D eigenvalue weighted by molar-refractivity contribution is 7.71. The van der Waals surface area contributed by atoms with Crippen LogP contribution in [0.15, 0.2) is 48.5 Å². The van der Waals surface area contributed by atoms with Crippen LogP contribution in [0.25, 0.3) is 0 Å². The molecule has 1 aliphatic rings. The van der Waals surface area contributed by atoms with Crippen molar-refractivity contribution in [1.29, 1.82) is 0 Å². The van der Waals surface area contributed by atoms with Crippen LogP contribution in [0.1, 0.15) is 35.8 Å². The van der Waals surface area contributed by atoms with E-state index in [0.29, 0.717) is 6.67 Å². The van der Waals surface area contributed by atoms with Gasteiger partial charge in [-0.1, -0.05) is 30.3 Å². The average Bonchev–Trinajstić information content (AvgIpc) is 3.34. The number of ether oxygens (including phenoxy) is 2. The lowest BCUT2D eigenvalue weighted by atomic mass is 10.0. The average molecular weight is 425 g/mol. The van der Waals surface area contributed by atoms with Gasteiger partial charge in [0.15, 0.2) is 4.77 Å². The number of nitrogens with zero attached hydrogens (tertiary/aromatic N) is 4. The molecular formula is C23H28N4O2S. The molecule has 0 unspecified atom stereocenters. The molecule has 3 aromatic rings. The number of methoxy groups -OCH3 is 2. The lowest BCUT2D eigenvalue weighted by molar-refractivity contribution is 0.186. The van der Waals surface area contributed by atoms with Crippen molar-refractivity contribution in [2.75, 3.05) is 20.8 Å². The minimum absolute atomic E-state index is 0.247. The maximum Gasteiger partial charge on any atom is 0.199 e. The zero-order chi connectivity index (χ0) is 21.1. The number of aromatic nitrogens is 3. The van der Waals surface area contributed by atoms with E-state index >= 15 is 0 Å². The Morgan fingerprint density at radius 1 is 1.10 bits per heavy atom. The minimum atomic E-state index is 0.247. The first kappa shape index (κ1) is 20.6. The van der Waals surface area contributed by atoms with E-state index < -0.39 is 0 Å². The highest BCUT2D eigenvalue weighted by Gasteiger charge is 2.29. The van der Waals surface area contributed by atoms with Crippen molar-refractivity contribution >= 4 is 12.2 Å². The first-order valence-electron chi connectivity index (χ1n) is 10.2. The Labute approximate surface area is 182 Å². The maximum absolute atomic E-state index is 5.78. The Kier molecular flexibility index (Phi) is 6.20. The van der Waals surface area contributed by atoms with Crippen molar-refractivity contribution in [3.8, 4) is 11.5 Å². The van der Waals surface area contributed by atoms with Crippen molar-refractivity contribution in [2.45, 2.75) is 39.0 Å². The number of aryl methyl sites for hydroxylation is 1. The summed E-state index contributed by atoms with van der Waals surface area (Å²) >= 11 is 5.78. The molecule has 1 aromatic heterocycles. The molecule has 6 nitrogen and oxygen atoms in total. The van der Waals surface area contributed by atoms with Crippen molar-refractivity contribution < 1.29 is 9.47 Å². The minimum Gasteiger partial charge on any atom is -0.497 e. The monoisotopic (exact) mass is 424 g/mol. The summed E-state index contributed by atoms with van der Waals surface area (Å²) < 4.78 is 15.9. The first-order valence-corrected chi connectivity index (χ1v) is 10.7. The third-order valence-electron chi connectivity index (χ3n) is 5.77. The Hall–Kier alpha value is -2.64. The lowest BCUT2D eigenvalue weighted by Crippen LogP contribution is -2.27. The molecule has 1 atom stereocenters. The summed E-state index contributed by atoms with van der Waals surface area (Å²) in [5, 5.41) is 4.75. The predicted octanol–water partition coefficient (Wildman–Crippen LogP) is 4.58. The zero-order valence-corrected chi connectivity index (χ0v) is 18.6. The fourth-order valence-electron chi connectivity index (χ4n) is 4.21. The van der Waals surface area contributed by atoms with Crippen LogP contribution in [-0.4, -0.2) is 40.0 Å². The van der Waals surface area contributed by atoms with Gasteiger partial charge in [-0.3, -0.25) is 9.47 Å². The van der Waals surface area contributed by atoms with Crippen LogP contribution >= 0.6 is 12.2 Å². The molecule has 0 aliphatic carbocycles. The third kappa shape index (κ3) is 4.13. The van der Waals surface area contributed by atoms with Gasteiger partial charge in [0.1, 0.15) is 17.3 Å². The summed E-state index contributed by atoms with van der Waals surface area (Å²) in [5.41, 5.74) is 2.37. The molecule has 0 amide bonds. The maximum atomic E-state index is 5.78. The molecule has 2 aromatic carbocycles. The summed E-state index contributed by atoms with van der Waals surface area (Å²) in [6.07, 6.45) is 2.20. The quantitative estimate of drug-likeness (QED) is 0.520. The van der Waals surface area contributed by atoms with E-state index in [0.717, 1.165) is 53.6 Å². The van der Waals surface area contributed by atoms with Gasteiger partial charge >= 0.3 is 0 Å². The van der Waals surface area contributed by atoms with E-state index in [2.05, 4.69) is 39.8 Å². The van der Waals surface area contributed by atoms with Gasteiger partial charge in [-0.15, -0.1) is 0 Å². The van der Waals surface area contributed by atoms with E-state index in [9.17, 15) is 0 Å². The summed E-state index contributed by atoms with van der Waals surface area (Å²) in [4.78, 5) is 2.42. The van der Waals surface area contributed by atoms with E-state index in [4.69, 9.17) is 26.8 Å². The van der Waals surface area contributed by atoms with Crippen molar-refractivity contribution in [3.63, 3.8) is 0 Å². The zero-order valence-electron chi connectivity index (χ0n) is 17.7. The molecule has 1 aliphatic heterocycles. The molecule has 2 heterocycles. The Bertz CT molecular complexity index is 1060. The van der Waals surface area contributed by atoms with Crippen LogP contribution in [-0.2, 0) is 13.2 Å². The van der Waals surface area contributed by atoms with Gasteiger partial charge in [0.2, 0.25) is 0 Å². The van der Waals surface area contributed by atoms with Crippen LogP contribution < -0.4 is 9.47 Å². The van der Waals surface area contributed by atoms with Gasteiger partial charge in [-0.25, -0.2) is 4.68 Å². The standard InChI is InChI=1S/C23H28N4O2S/c1-17-24-27(23(30)26(17)15-18-8-5-4-6-9-18)16-25-13-7-10-21(25)20-14-19(28-2)11-12-22(20)29-3/h4-6,8-9,11-12,14,21H,7,10,13,15-16H2,1-3H3/t21-/m1/s1. The summed E-state index contributed by atoms with van der Waals surface area (Å²) in [5.74, 6) is 2.66. The molecule has 0 saturated carbocycles. The SMILES string of the molecule is COc1ccc(OC)c([C@H]2CCCN2Cn2nc(C)n(Cc3ccccc3)c2=S)c1. The van der Waals surface area contributed by atoms with E-state index in [1.165, 1.54) is 5.56 Å². The second-order valence-corrected chi connectivity index (χ2v) is 7.99. The molecule has 4 rings (SSSR count). The number of hydrogen-bond acceptors (Lipinski definition) is 5. The molecule has 1 fully saturated rings. The molecule has 0 N–H and O–H groups in total. The van der Waals surface area contributed by atoms with Crippen LogP contribution in [0.2, 0.25) is 0 Å². The van der Waals surface area contributed by atoms with Gasteiger partial charge in [0.05, 0.1) is 27.4 Å². The van der Waals surface area contributed by atoms with E-state index in [-0.39, 0.29) is 6.04 Å². The normalized spacial score (nSPS) is 16.7. The Morgan fingerprint density at radius 2 is 1.90 bits per heavy atom. The summed E-state index contributed by atoms with van der Waals surface area (Å²) in [6.45, 7) is 4.41. The van der Waals surface area contributed by atoms with Crippen molar-refractivity contribution in [2.24, 2.45) is 0 Å². The molecule has 0 bridgehead atoms. The molecule has 158 valence electrons. The predicted molar refractivity (Wildman–Crippen MR) is 120 cm³/mol. The number of rotatable bonds is 7. The van der Waals surface area contributed by atoms with Crippen molar-refractivity contribution in [1.82, 2.24) is 19.2 Å². The number of likely N-dealkylation sites (tertiary alicyclic amines) is 1. The number of hydrogen-bond donors (Lipinski definition) is 0. The lowest BCUT2D eigenvalue weighted by Gasteiger charge is -2.26. The highest BCUT2D eigenvalue weighted by atomic mass is 32.1. The third-order valence-corrected chi connectivity index (χ3v) is 6.20. The molecule has 7 heteroatoms. The first-order chi connectivity index (χ1) is 14.6. The van der Waals surface area contributed by atoms with Crippen LogP contribution in [0, 0.1) is 11.7 Å². The van der Waals surface area contributed by atoms with Gasteiger partial charge in [-0.05, 0) is 55.7 Å². The van der Waals surface area contributed by atoms with E-state index in [1.807, 2.05) is 29.8 Å². The topological polar surface area (TPSA) is 44.5 Å². The van der Waals surface area contributed by atoms with Gasteiger partial charge in [0.25, 0.3) is 0 Å². The van der Waals surface area contributed by atoms with Gasteiger partial charge in [-0.2, -0.15) is 5.10 Å².